The van der Waals surface area contributed by atoms with Gasteiger partial charge in [0.2, 0.25) is 0 Å². The molecular weight excluding hydrogens is 665 g/mol. The van der Waals surface area contributed by atoms with E-state index in [2.05, 4.69) is 135 Å². The highest BCUT2D eigenvalue weighted by Gasteiger charge is 2.27. The van der Waals surface area contributed by atoms with Gasteiger partial charge < -0.3 is 13.3 Å². The van der Waals surface area contributed by atoms with Gasteiger partial charge in [-0.25, -0.2) is 4.98 Å². The number of hydrogen-bond acceptors (Lipinski definition) is 4. The van der Waals surface area contributed by atoms with Gasteiger partial charge in [0.05, 0.1) is 22.3 Å². The topological polar surface area (TPSA) is 57.2 Å². The summed E-state index contributed by atoms with van der Waals surface area (Å²) in [6.07, 6.45) is 0. The minimum Gasteiger partial charge on any atom is -0.456 e. The SMILES string of the molecule is CC(C)c1cc(-c2cc3ccccc3o2)cc(C(C)C)c1-n1c(-c2cccc3c2oc2cc4c(cc23)oc2ccccc24)nc2ccc3ccccc3c21. The van der Waals surface area contributed by atoms with E-state index in [9.17, 15) is 0 Å². The third-order valence-corrected chi connectivity index (χ3v) is 11.1. The molecule has 0 fully saturated rings. The monoisotopic (exact) mass is 700 g/mol. The molecular formula is C49H36N2O3. The first-order valence-corrected chi connectivity index (χ1v) is 18.8. The molecule has 0 N–H and O–H groups in total. The molecule has 0 bridgehead atoms. The number of aromatic nitrogens is 2. The number of imidazole rings is 1. The summed E-state index contributed by atoms with van der Waals surface area (Å²) in [6.45, 7) is 9.12. The zero-order valence-corrected chi connectivity index (χ0v) is 30.5. The number of nitrogens with zero attached hydrogens (tertiary/aromatic N) is 2. The lowest BCUT2D eigenvalue weighted by atomic mass is 9.89. The Kier molecular flexibility index (Phi) is 6.57. The standard InChI is InChI=1S/C49H36N2O3/c1-27(2)36-22-31(43-24-30-13-6-9-18-41(30)52-43)23-37(28(3)4)46(36)51-47-32-14-7-5-12-29(32)20-21-40(47)50-49(51)35-17-11-16-34-39-26-44-38(25-45(39)54-48(34)35)33-15-8-10-19-42(33)53-44/h5-28H,1-4H3. The van der Waals surface area contributed by atoms with E-state index in [1.165, 1.54) is 16.5 Å². The van der Waals surface area contributed by atoms with E-state index >= 15 is 0 Å². The van der Waals surface area contributed by atoms with Crippen LogP contribution < -0.4 is 0 Å². The van der Waals surface area contributed by atoms with Gasteiger partial charge in [-0.05, 0) is 82.9 Å². The number of hydrogen-bond donors (Lipinski definition) is 0. The minimum absolute atomic E-state index is 0.203. The van der Waals surface area contributed by atoms with Crippen LogP contribution in [0.25, 0.3) is 105 Å². The molecule has 11 aromatic rings. The highest BCUT2D eigenvalue weighted by atomic mass is 16.3. The Hall–Kier alpha value is -6.59. The van der Waals surface area contributed by atoms with Crippen LogP contribution in [0.2, 0.25) is 0 Å². The lowest BCUT2D eigenvalue weighted by Crippen LogP contribution is -2.09. The summed E-state index contributed by atoms with van der Waals surface area (Å²) in [6, 6.07) is 46.8. The molecule has 5 nitrogen and oxygen atoms in total. The van der Waals surface area contributed by atoms with Crippen LogP contribution in [-0.4, -0.2) is 9.55 Å². The van der Waals surface area contributed by atoms with Gasteiger partial charge in [-0.3, -0.25) is 4.57 Å². The van der Waals surface area contributed by atoms with E-state index in [1.54, 1.807) is 0 Å². The molecule has 54 heavy (non-hydrogen) atoms. The molecule has 4 heterocycles. The molecule has 0 spiro atoms. The smallest absolute Gasteiger partial charge is 0.149 e. The van der Waals surface area contributed by atoms with Gasteiger partial charge in [-0.15, -0.1) is 0 Å². The summed E-state index contributed by atoms with van der Waals surface area (Å²) in [5, 5.41) is 7.61. The summed E-state index contributed by atoms with van der Waals surface area (Å²) >= 11 is 0. The maximum absolute atomic E-state index is 6.89. The second-order valence-corrected chi connectivity index (χ2v) is 15.1. The van der Waals surface area contributed by atoms with Crippen molar-refractivity contribution in [2.45, 2.75) is 39.5 Å². The van der Waals surface area contributed by atoms with E-state index in [4.69, 9.17) is 18.2 Å². The van der Waals surface area contributed by atoms with E-state index in [0.717, 1.165) is 99.7 Å². The largest absolute Gasteiger partial charge is 0.456 e. The first-order chi connectivity index (χ1) is 26.4. The van der Waals surface area contributed by atoms with Gasteiger partial charge in [0, 0.05) is 37.9 Å². The molecule has 0 saturated carbocycles. The fourth-order valence-corrected chi connectivity index (χ4v) is 8.51. The third kappa shape index (κ3) is 4.48. The number of furan rings is 3. The molecule has 0 aliphatic heterocycles. The Morgan fingerprint density at radius 2 is 1.15 bits per heavy atom. The maximum atomic E-state index is 6.89. The zero-order chi connectivity index (χ0) is 36.2. The normalized spacial score (nSPS) is 12.4. The lowest BCUT2D eigenvalue weighted by molar-refractivity contribution is 0.631. The second-order valence-electron chi connectivity index (χ2n) is 15.1. The fourth-order valence-electron chi connectivity index (χ4n) is 8.51. The summed E-state index contributed by atoms with van der Waals surface area (Å²) in [4.78, 5) is 5.49. The molecule has 0 amide bonds. The van der Waals surface area contributed by atoms with Crippen LogP contribution in [0.5, 0.6) is 0 Å². The molecule has 4 aromatic heterocycles. The van der Waals surface area contributed by atoms with E-state index in [-0.39, 0.29) is 11.8 Å². The van der Waals surface area contributed by atoms with Crippen molar-refractivity contribution < 1.29 is 13.3 Å². The minimum atomic E-state index is 0.203. The highest BCUT2D eigenvalue weighted by molar-refractivity contribution is 6.17. The van der Waals surface area contributed by atoms with Gasteiger partial charge in [-0.1, -0.05) is 107 Å². The van der Waals surface area contributed by atoms with Crippen LogP contribution in [0.1, 0.15) is 50.7 Å². The molecule has 0 saturated heterocycles. The van der Waals surface area contributed by atoms with E-state index < -0.39 is 0 Å². The van der Waals surface area contributed by atoms with Crippen LogP contribution in [0.15, 0.2) is 147 Å². The molecule has 11 rings (SSSR count). The van der Waals surface area contributed by atoms with Crippen molar-refractivity contribution in [3.63, 3.8) is 0 Å². The van der Waals surface area contributed by atoms with Crippen LogP contribution >= 0.6 is 0 Å². The molecule has 0 atom stereocenters. The average Bonchev–Trinajstić information content (AvgIpc) is 3.97. The molecule has 7 aromatic carbocycles. The van der Waals surface area contributed by atoms with Gasteiger partial charge in [-0.2, -0.15) is 0 Å². The Balaban J connectivity index is 1.24. The van der Waals surface area contributed by atoms with Crippen molar-refractivity contribution in [2.24, 2.45) is 0 Å². The van der Waals surface area contributed by atoms with Crippen LogP contribution in [0, 0.1) is 0 Å². The Bertz CT molecular complexity index is 3230. The van der Waals surface area contributed by atoms with Crippen molar-refractivity contribution in [2.75, 3.05) is 0 Å². The van der Waals surface area contributed by atoms with E-state index in [1.807, 2.05) is 30.3 Å². The summed E-state index contributed by atoms with van der Waals surface area (Å²) < 4.78 is 22.1. The molecule has 260 valence electrons. The second kappa shape index (κ2) is 11.5. The Morgan fingerprint density at radius 3 is 1.91 bits per heavy atom. The average molecular weight is 701 g/mol. The van der Waals surface area contributed by atoms with Crippen molar-refractivity contribution in [1.82, 2.24) is 9.55 Å². The maximum Gasteiger partial charge on any atom is 0.149 e. The molecule has 0 radical (unpaired) electrons. The van der Waals surface area contributed by atoms with E-state index in [0.29, 0.717) is 0 Å². The van der Waals surface area contributed by atoms with Crippen molar-refractivity contribution in [1.29, 1.82) is 0 Å². The number of rotatable bonds is 5. The number of benzene rings is 7. The van der Waals surface area contributed by atoms with Crippen LogP contribution in [0.4, 0.5) is 0 Å². The van der Waals surface area contributed by atoms with Gasteiger partial charge in [0.15, 0.2) is 0 Å². The van der Waals surface area contributed by atoms with Crippen molar-refractivity contribution in [3.8, 4) is 28.4 Å². The van der Waals surface area contributed by atoms with Crippen LogP contribution in [-0.2, 0) is 0 Å². The quantitative estimate of drug-likeness (QED) is 0.179. The number of fused-ring (bicyclic) bond motifs is 10. The van der Waals surface area contributed by atoms with Crippen LogP contribution in [0.3, 0.4) is 0 Å². The Labute approximate surface area is 311 Å². The molecule has 5 heteroatoms. The van der Waals surface area contributed by atoms with Gasteiger partial charge in [0.1, 0.15) is 39.5 Å². The molecule has 0 aliphatic carbocycles. The highest BCUT2D eigenvalue weighted by Crippen LogP contribution is 2.45. The van der Waals surface area contributed by atoms with Gasteiger partial charge in [0.25, 0.3) is 0 Å². The van der Waals surface area contributed by atoms with Gasteiger partial charge >= 0.3 is 0 Å². The van der Waals surface area contributed by atoms with Crippen molar-refractivity contribution >= 4 is 76.7 Å². The number of para-hydroxylation sites is 3. The summed E-state index contributed by atoms with van der Waals surface area (Å²) in [5.41, 5.74) is 11.9. The predicted octanol–water partition coefficient (Wildman–Crippen LogP) is 14.3. The van der Waals surface area contributed by atoms with Crippen molar-refractivity contribution in [3.05, 3.63) is 145 Å². The molecule has 0 unspecified atom stereocenters. The first kappa shape index (κ1) is 31.0. The fraction of sp³-hybridized carbons (Fsp3) is 0.122. The molecule has 0 aliphatic rings. The lowest BCUT2D eigenvalue weighted by Gasteiger charge is -2.24. The summed E-state index contributed by atoms with van der Waals surface area (Å²) in [5.74, 6) is 2.13. The Morgan fingerprint density at radius 1 is 0.500 bits per heavy atom. The predicted molar refractivity (Wildman–Crippen MR) is 222 cm³/mol. The zero-order valence-electron chi connectivity index (χ0n) is 30.5. The summed E-state index contributed by atoms with van der Waals surface area (Å²) in [7, 11) is 0. The first-order valence-electron chi connectivity index (χ1n) is 18.8. The third-order valence-electron chi connectivity index (χ3n) is 11.1.